The molecule has 0 bridgehead atoms. The Morgan fingerprint density at radius 1 is 1.52 bits per heavy atom. The van der Waals surface area contributed by atoms with E-state index in [1.54, 1.807) is 0 Å². The van der Waals surface area contributed by atoms with Crippen molar-refractivity contribution in [2.75, 3.05) is 18.1 Å². The van der Waals surface area contributed by atoms with E-state index in [1.165, 1.54) is 17.7 Å². The first kappa shape index (κ1) is 15.8. The lowest BCUT2D eigenvalue weighted by molar-refractivity contribution is -0.0850. The number of nitrogens with one attached hydrogen (secondary N) is 1. The lowest BCUT2D eigenvalue weighted by Crippen LogP contribution is -2.49. The van der Waals surface area contributed by atoms with E-state index in [0.717, 1.165) is 36.1 Å². The molecular formula is C16H23BrN2OS. The topological polar surface area (TPSA) is 47.3 Å². The molecule has 1 aromatic rings. The SMILES string of the molecule is NNC(Cc1cccc(Br)c1)C1CCOC2(CCSC2)C1. The third-order valence-electron chi connectivity index (χ3n) is 4.73. The molecule has 21 heavy (non-hydrogen) atoms. The van der Waals surface area contributed by atoms with Crippen molar-refractivity contribution in [3.8, 4) is 0 Å². The zero-order valence-corrected chi connectivity index (χ0v) is 14.6. The molecule has 116 valence electrons. The van der Waals surface area contributed by atoms with Crippen molar-refractivity contribution >= 4 is 27.7 Å². The highest BCUT2D eigenvalue weighted by Crippen LogP contribution is 2.41. The molecule has 2 fully saturated rings. The van der Waals surface area contributed by atoms with Gasteiger partial charge in [-0.2, -0.15) is 11.8 Å². The van der Waals surface area contributed by atoms with Gasteiger partial charge in [0.15, 0.2) is 0 Å². The Kier molecular flexibility index (Phi) is 5.27. The molecule has 0 radical (unpaired) electrons. The van der Waals surface area contributed by atoms with Gasteiger partial charge in [-0.3, -0.25) is 11.3 Å². The van der Waals surface area contributed by atoms with E-state index in [0.29, 0.717) is 12.0 Å². The minimum Gasteiger partial charge on any atom is -0.374 e. The van der Waals surface area contributed by atoms with E-state index in [2.05, 4.69) is 45.6 Å². The van der Waals surface area contributed by atoms with Crippen molar-refractivity contribution in [3.05, 3.63) is 34.3 Å². The number of hydrogen-bond donors (Lipinski definition) is 2. The van der Waals surface area contributed by atoms with Gasteiger partial charge in [0.05, 0.1) is 5.60 Å². The summed E-state index contributed by atoms with van der Waals surface area (Å²) in [6, 6.07) is 8.84. The molecule has 3 atom stereocenters. The van der Waals surface area contributed by atoms with E-state index in [1.807, 2.05) is 11.8 Å². The molecule has 0 saturated carbocycles. The smallest absolute Gasteiger partial charge is 0.0783 e. The van der Waals surface area contributed by atoms with Gasteiger partial charge in [-0.15, -0.1) is 0 Å². The van der Waals surface area contributed by atoms with Crippen LogP contribution in [0.2, 0.25) is 0 Å². The van der Waals surface area contributed by atoms with Crippen LogP contribution in [0.25, 0.3) is 0 Å². The predicted molar refractivity (Wildman–Crippen MR) is 92.3 cm³/mol. The lowest BCUT2D eigenvalue weighted by atomic mass is 9.79. The summed E-state index contributed by atoms with van der Waals surface area (Å²) in [7, 11) is 0. The van der Waals surface area contributed by atoms with Crippen LogP contribution in [0.3, 0.4) is 0 Å². The van der Waals surface area contributed by atoms with Gasteiger partial charge >= 0.3 is 0 Å². The Balaban J connectivity index is 1.67. The van der Waals surface area contributed by atoms with Crippen molar-refractivity contribution in [2.24, 2.45) is 11.8 Å². The summed E-state index contributed by atoms with van der Waals surface area (Å²) < 4.78 is 7.25. The molecular weight excluding hydrogens is 348 g/mol. The van der Waals surface area contributed by atoms with Crippen molar-refractivity contribution < 1.29 is 4.74 Å². The molecule has 2 heterocycles. The minimum atomic E-state index is 0.125. The van der Waals surface area contributed by atoms with E-state index < -0.39 is 0 Å². The Labute approximate surface area is 139 Å². The number of hydrazine groups is 1. The third kappa shape index (κ3) is 3.82. The summed E-state index contributed by atoms with van der Waals surface area (Å²) in [6.07, 6.45) is 4.42. The Bertz CT molecular complexity index is 479. The molecule has 2 aliphatic heterocycles. The first-order valence-corrected chi connectivity index (χ1v) is 9.58. The van der Waals surface area contributed by atoms with Crippen LogP contribution in [0.15, 0.2) is 28.7 Å². The highest BCUT2D eigenvalue weighted by molar-refractivity contribution is 9.10. The van der Waals surface area contributed by atoms with Gasteiger partial charge < -0.3 is 4.74 Å². The number of hydrogen-bond acceptors (Lipinski definition) is 4. The summed E-state index contributed by atoms with van der Waals surface area (Å²) >= 11 is 5.57. The van der Waals surface area contributed by atoms with Crippen LogP contribution < -0.4 is 11.3 Å². The average Bonchev–Trinajstić information content (AvgIpc) is 2.92. The van der Waals surface area contributed by atoms with Crippen molar-refractivity contribution in [3.63, 3.8) is 0 Å². The summed E-state index contributed by atoms with van der Waals surface area (Å²) in [5, 5.41) is 0. The molecule has 3 nitrogen and oxygen atoms in total. The van der Waals surface area contributed by atoms with Crippen molar-refractivity contribution in [2.45, 2.75) is 37.3 Å². The van der Waals surface area contributed by atoms with Crippen LogP contribution in [0.4, 0.5) is 0 Å². The van der Waals surface area contributed by atoms with Crippen LogP contribution in [0.5, 0.6) is 0 Å². The zero-order chi connectivity index (χ0) is 14.7. The van der Waals surface area contributed by atoms with E-state index >= 15 is 0 Å². The van der Waals surface area contributed by atoms with Gasteiger partial charge in [0, 0.05) is 22.9 Å². The molecule has 3 unspecified atom stereocenters. The van der Waals surface area contributed by atoms with Gasteiger partial charge in [-0.1, -0.05) is 28.1 Å². The first-order valence-electron chi connectivity index (χ1n) is 7.63. The average molecular weight is 371 g/mol. The molecule has 0 aliphatic carbocycles. The van der Waals surface area contributed by atoms with E-state index in [9.17, 15) is 0 Å². The molecule has 0 aromatic heterocycles. The lowest BCUT2D eigenvalue weighted by Gasteiger charge is -2.40. The molecule has 2 aliphatic rings. The van der Waals surface area contributed by atoms with Crippen molar-refractivity contribution in [1.82, 2.24) is 5.43 Å². The maximum Gasteiger partial charge on any atom is 0.0783 e. The number of nitrogens with two attached hydrogens (primary N) is 1. The minimum absolute atomic E-state index is 0.125. The van der Waals surface area contributed by atoms with E-state index in [-0.39, 0.29) is 5.60 Å². The van der Waals surface area contributed by atoms with Crippen LogP contribution >= 0.6 is 27.7 Å². The Morgan fingerprint density at radius 3 is 3.14 bits per heavy atom. The summed E-state index contributed by atoms with van der Waals surface area (Å²) in [5.41, 5.74) is 4.52. The molecule has 5 heteroatoms. The quantitative estimate of drug-likeness (QED) is 0.631. The Morgan fingerprint density at radius 2 is 2.43 bits per heavy atom. The monoisotopic (exact) mass is 370 g/mol. The second kappa shape index (κ2) is 7.01. The summed E-state index contributed by atoms with van der Waals surface area (Å²) in [6.45, 7) is 0.877. The number of ether oxygens (including phenoxy) is 1. The fourth-order valence-electron chi connectivity index (χ4n) is 3.55. The maximum absolute atomic E-state index is 6.12. The van der Waals surface area contributed by atoms with Crippen molar-refractivity contribution in [1.29, 1.82) is 0 Å². The largest absolute Gasteiger partial charge is 0.374 e. The third-order valence-corrected chi connectivity index (χ3v) is 6.44. The summed E-state index contributed by atoms with van der Waals surface area (Å²) in [5.74, 6) is 8.85. The van der Waals surface area contributed by atoms with E-state index in [4.69, 9.17) is 10.6 Å². The van der Waals surface area contributed by atoms with Gasteiger partial charge in [-0.25, -0.2) is 0 Å². The molecule has 2 saturated heterocycles. The van der Waals surface area contributed by atoms with Crippen LogP contribution in [-0.2, 0) is 11.2 Å². The second-order valence-electron chi connectivity index (χ2n) is 6.19. The molecule has 3 rings (SSSR count). The standard InChI is InChI=1S/C16H23BrN2OS/c17-14-3-1-2-12(8-14)9-15(19-18)13-4-6-20-16(10-13)5-7-21-11-16/h1-3,8,13,15,19H,4-7,9-11,18H2. The van der Waals surface area contributed by atoms with Gasteiger partial charge in [0.2, 0.25) is 0 Å². The number of thioether (sulfide) groups is 1. The zero-order valence-electron chi connectivity index (χ0n) is 12.2. The van der Waals surface area contributed by atoms with Gasteiger partial charge in [-0.05, 0) is 55.1 Å². The molecule has 3 N–H and O–H groups in total. The number of rotatable bonds is 4. The molecule has 1 aromatic carbocycles. The highest BCUT2D eigenvalue weighted by atomic mass is 79.9. The number of benzene rings is 1. The van der Waals surface area contributed by atoms with Crippen LogP contribution in [-0.4, -0.2) is 29.8 Å². The predicted octanol–water partition coefficient (Wildman–Crippen LogP) is 3.13. The maximum atomic E-state index is 6.12. The van der Waals surface area contributed by atoms with Gasteiger partial charge in [0.1, 0.15) is 0 Å². The fraction of sp³-hybridized carbons (Fsp3) is 0.625. The van der Waals surface area contributed by atoms with Crippen LogP contribution in [0, 0.1) is 5.92 Å². The molecule has 0 amide bonds. The second-order valence-corrected chi connectivity index (χ2v) is 8.21. The summed E-state index contributed by atoms with van der Waals surface area (Å²) in [4.78, 5) is 0. The fourth-order valence-corrected chi connectivity index (χ4v) is 5.38. The first-order chi connectivity index (χ1) is 10.2. The highest BCUT2D eigenvalue weighted by Gasteiger charge is 2.42. The van der Waals surface area contributed by atoms with Crippen LogP contribution in [0.1, 0.15) is 24.8 Å². The number of halogens is 1. The van der Waals surface area contributed by atoms with Gasteiger partial charge in [0.25, 0.3) is 0 Å². The Hall–Kier alpha value is -0.0700. The normalized spacial score (nSPS) is 30.7. The molecule has 1 spiro atoms.